The van der Waals surface area contributed by atoms with Crippen molar-refractivity contribution in [1.82, 2.24) is 4.98 Å². The van der Waals surface area contributed by atoms with Crippen molar-refractivity contribution in [3.8, 4) is 0 Å². The highest BCUT2D eigenvalue weighted by Gasteiger charge is 1.95. The zero-order chi connectivity index (χ0) is 14.5. The van der Waals surface area contributed by atoms with Gasteiger partial charge >= 0.3 is 0 Å². The van der Waals surface area contributed by atoms with Gasteiger partial charge in [-0.15, -0.1) is 0 Å². The zero-order valence-electron chi connectivity index (χ0n) is 11.7. The molecule has 0 amide bonds. The van der Waals surface area contributed by atoms with Crippen LogP contribution in [0.1, 0.15) is 39.5 Å². The molecule has 0 aromatic carbocycles. The van der Waals surface area contributed by atoms with Crippen molar-refractivity contribution < 1.29 is 24.3 Å². The minimum Gasteiger partial charge on any atom is -0.547 e. The first-order valence-electron chi connectivity index (χ1n) is 6.56. The van der Waals surface area contributed by atoms with E-state index >= 15 is 0 Å². The van der Waals surface area contributed by atoms with Crippen molar-refractivity contribution in [2.75, 3.05) is 6.61 Å². The molecular weight excluding hydrogens is 248 g/mol. The third-order valence-corrected chi connectivity index (χ3v) is 2.33. The van der Waals surface area contributed by atoms with Gasteiger partial charge in [0.15, 0.2) is 6.73 Å². The van der Waals surface area contributed by atoms with Gasteiger partial charge in [-0.1, -0.05) is 26.2 Å². The molecule has 1 rings (SSSR count). The van der Waals surface area contributed by atoms with Gasteiger partial charge in [-0.3, -0.25) is 4.98 Å². The number of imidazole rings is 1. The van der Waals surface area contributed by atoms with Gasteiger partial charge in [0, 0.05) is 0 Å². The molecule has 0 aliphatic heterocycles. The molecule has 1 heterocycles. The Balaban J connectivity index is 0.000000459. The molecule has 6 heteroatoms. The Kier molecular flexibility index (Phi) is 10.8. The number of aromatic nitrogens is 2. The van der Waals surface area contributed by atoms with Crippen LogP contribution >= 0.6 is 0 Å². The van der Waals surface area contributed by atoms with Crippen molar-refractivity contribution in [2.45, 2.75) is 52.4 Å². The quantitative estimate of drug-likeness (QED) is 0.514. The van der Waals surface area contributed by atoms with Crippen LogP contribution in [0.2, 0.25) is 0 Å². The van der Waals surface area contributed by atoms with E-state index in [0.29, 0.717) is 6.73 Å². The van der Waals surface area contributed by atoms with Gasteiger partial charge in [-0.25, -0.2) is 4.57 Å². The van der Waals surface area contributed by atoms with E-state index in [4.69, 9.17) is 9.84 Å². The lowest BCUT2D eigenvalue weighted by atomic mass is 10.2. The lowest BCUT2D eigenvalue weighted by Gasteiger charge is -2.00. The monoisotopic (exact) mass is 272 g/mol. The molecule has 0 bridgehead atoms. The fourth-order valence-electron chi connectivity index (χ4n) is 1.20. The highest BCUT2D eigenvalue weighted by atomic mass is 16.5. The van der Waals surface area contributed by atoms with Crippen LogP contribution in [0.5, 0.6) is 0 Å². The number of carbonyl (C=O) groups is 1. The maximum atomic E-state index is 9.34. The van der Waals surface area contributed by atoms with Crippen LogP contribution in [0.25, 0.3) is 0 Å². The Morgan fingerprint density at radius 1 is 1.47 bits per heavy atom. The largest absolute Gasteiger partial charge is 0.547 e. The lowest BCUT2D eigenvalue weighted by molar-refractivity contribution is -0.731. The Morgan fingerprint density at radius 3 is 2.63 bits per heavy atom. The minimum atomic E-state index is -1.44. The van der Waals surface area contributed by atoms with E-state index in [2.05, 4.69) is 11.9 Å². The average molecular weight is 272 g/mol. The number of carbonyl (C=O) groups excluding carboxylic acids is 1. The summed E-state index contributed by atoms with van der Waals surface area (Å²) in [5.74, 6) is -1.44. The van der Waals surface area contributed by atoms with Crippen molar-refractivity contribution in [3.05, 3.63) is 18.7 Å². The number of aliphatic carboxylic acids is 1. The van der Waals surface area contributed by atoms with Gasteiger partial charge in [-0.2, -0.15) is 0 Å². The maximum Gasteiger partial charge on any atom is 0.243 e. The van der Waals surface area contributed by atoms with Gasteiger partial charge in [-0.05, 0) is 13.3 Å². The van der Waals surface area contributed by atoms with E-state index in [-0.39, 0.29) is 0 Å². The van der Waals surface area contributed by atoms with Crippen LogP contribution in [0, 0.1) is 0 Å². The molecule has 0 aliphatic carbocycles. The Morgan fingerprint density at radius 2 is 2.16 bits per heavy atom. The second-order valence-corrected chi connectivity index (χ2v) is 4.22. The number of rotatable bonds is 8. The summed E-state index contributed by atoms with van der Waals surface area (Å²) < 4.78 is 7.45. The normalized spacial score (nSPS) is 11.5. The molecule has 1 aromatic rings. The van der Waals surface area contributed by atoms with E-state index < -0.39 is 12.1 Å². The summed E-state index contributed by atoms with van der Waals surface area (Å²) in [4.78, 5) is 12.3. The number of nitrogens with one attached hydrogen (secondary N) is 1. The molecule has 110 valence electrons. The SMILES string of the molecule is CCCCCCOC[n+]1cc[nH]c1.C[C@H](O)C(=O)[O-]. The summed E-state index contributed by atoms with van der Waals surface area (Å²) in [6, 6.07) is 0. The molecular formula is C13H24N2O4. The molecule has 0 fully saturated rings. The number of aromatic amines is 1. The second-order valence-electron chi connectivity index (χ2n) is 4.22. The average Bonchev–Trinajstić information content (AvgIpc) is 2.87. The van der Waals surface area contributed by atoms with Gasteiger partial charge in [0.1, 0.15) is 12.4 Å². The molecule has 0 unspecified atom stereocenters. The van der Waals surface area contributed by atoms with Gasteiger partial charge < -0.3 is 19.7 Å². The molecule has 0 radical (unpaired) electrons. The molecule has 1 aromatic heterocycles. The van der Waals surface area contributed by atoms with Gasteiger partial charge in [0.25, 0.3) is 0 Å². The predicted octanol–water partition coefficient (Wildman–Crippen LogP) is -0.0263. The third-order valence-electron chi connectivity index (χ3n) is 2.33. The summed E-state index contributed by atoms with van der Waals surface area (Å²) in [5, 5.41) is 17.3. The predicted molar refractivity (Wildman–Crippen MR) is 67.8 cm³/mol. The Bertz CT molecular complexity index is 312. The number of H-pyrrole nitrogens is 1. The Labute approximate surface area is 114 Å². The smallest absolute Gasteiger partial charge is 0.243 e. The molecule has 0 aliphatic rings. The van der Waals surface area contributed by atoms with E-state index in [0.717, 1.165) is 13.5 Å². The highest BCUT2D eigenvalue weighted by Crippen LogP contribution is 1.98. The number of unbranched alkanes of at least 4 members (excludes halogenated alkanes) is 3. The van der Waals surface area contributed by atoms with Crippen LogP contribution in [0.3, 0.4) is 0 Å². The van der Waals surface area contributed by atoms with Crippen LogP contribution in [0.15, 0.2) is 18.7 Å². The first kappa shape index (κ1) is 17.6. The van der Waals surface area contributed by atoms with Gasteiger partial charge in [0.05, 0.1) is 18.7 Å². The number of aliphatic hydroxyl groups is 1. The molecule has 6 nitrogen and oxygen atoms in total. The third kappa shape index (κ3) is 11.4. The lowest BCUT2D eigenvalue weighted by Crippen LogP contribution is -2.32. The number of hydrogen-bond donors (Lipinski definition) is 2. The van der Waals surface area contributed by atoms with Crippen molar-refractivity contribution in [3.63, 3.8) is 0 Å². The first-order valence-corrected chi connectivity index (χ1v) is 6.56. The second kappa shape index (κ2) is 11.7. The summed E-state index contributed by atoms with van der Waals surface area (Å²) in [7, 11) is 0. The molecule has 2 N–H and O–H groups in total. The standard InChI is InChI=1S/C10H18N2O.C3H6O3/c1-2-3-4-5-8-13-10-12-7-6-11-9-12;1-2(4)3(5)6/h6-7,9H,2-5,8,10H2,1H3;2,4H,1H3,(H,5,6)/t;2-/m.0/s1. The van der Waals surface area contributed by atoms with Crippen LogP contribution in [-0.4, -0.2) is 28.8 Å². The summed E-state index contributed by atoms with van der Waals surface area (Å²) in [5.41, 5.74) is 0. The van der Waals surface area contributed by atoms with Crippen LogP contribution in [-0.2, 0) is 16.3 Å². The van der Waals surface area contributed by atoms with Crippen LogP contribution < -0.4 is 9.67 Å². The summed E-state index contributed by atoms with van der Waals surface area (Å²) in [6.07, 6.45) is 9.48. The number of hydrogen-bond acceptors (Lipinski definition) is 4. The van der Waals surface area contributed by atoms with Crippen LogP contribution in [0.4, 0.5) is 0 Å². The van der Waals surface area contributed by atoms with Crippen molar-refractivity contribution >= 4 is 5.97 Å². The number of carboxylic acid groups (broad SMARTS) is 1. The van der Waals surface area contributed by atoms with Crippen molar-refractivity contribution in [2.24, 2.45) is 0 Å². The number of carboxylic acids is 1. The summed E-state index contributed by atoms with van der Waals surface area (Å²) in [6.45, 7) is 4.89. The summed E-state index contributed by atoms with van der Waals surface area (Å²) >= 11 is 0. The zero-order valence-corrected chi connectivity index (χ0v) is 11.7. The maximum absolute atomic E-state index is 9.34. The molecule has 19 heavy (non-hydrogen) atoms. The first-order chi connectivity index (χ1) is 9.07. The topological polar surface area (TPSA) is 89.3 Å². The molecule has 0 saturated carbocycles. The van der Waals surface area contributed by atoms with E-state index in [1.807, 2.05) is 23.3 Å². The fourth-order valence-corrected chi connectivity index (χ4v) is 1.20. The van der Waals surface area contributed by atoms with Gasteiger partial charge in [0.2, 0.25) is 6.33 Å². The van der Waals surface area contributed by atoms with E-state index in [1.54, 1.807) is 0 Å². The number of nitrogens with zero attached hydrogens (tertiary/aromatic N) is 1. The number of aliphatic hydroxyl groups excluding tert-OH is 1. The van der Waals surface area contributed by atoms with Crippen molar-refractivity contribution in [1.29, 1.82) is 0 Å². The number of ether oxygens (including phenoxy) is 1. The molecule has 0 saturated heterocycles. The highest BCUT2D eigenvalue weighted by molar-refractivity contribution is 5.68. The molecule has 0 spiro atoms. The van der Waals surface area contributed by atoms with E-state index in [9.17, 15) is 9.90 Å². The fraction of sp³-hybridized carbons (Fsp3) is 0.692. The Hall–Kier alpha value is -1.40. The molecule has 1 atom stereocenters. The minimum absolute atomic E-state index is 0.662. The van der Waals surface area contributed by atoms with E-state index in [1.165, 1.54) is 25.7 Å².